The Morgan fingerprint density at radius 1 is 1.00 bits per heavy atom. The van der Waals surface area contributed by atoms with Gasteiger partial charge in [0, 0.05) is 22.6 Å². The molecule has 1 heterocycles. The number of hydrogen-bond donors (Lipinski definition) is 0. The topological polar surface area (TPSA) is 18.5 Å². The van der Waals surface area contributed by atoms with Crippen LogP contribution < -0.4 is 33.5 Å². The first-order valence-corrected chi connectivity index (χ1v) is 8.71. The molecular weight excluding hydrogens is 472 g/mol. The highest BCUT2D eigenvalue weighted by molar-refractivity contribution is 6.35. The zero-order valence-corrected chi connectivity index (χ0v) is 18.3. The van der Waals surface area contributed by atoms with Crippen molar-refractivity contribution >= 4 is 23.2 Å². The summed E-state index contributed by atoms with van der Waals surface area (Å²) in [6.07, 6.45) is 1.01. The molecule has 0 spiro atoms. The fourth-order valence-corrected chi connectivity index (χ4v) is 3.89. The number of ether oxygens (including phenoxy) is 2. The zero-order chi connectivity index (χ0) is 17.3. The molecule has 0 aromatic heterocycles. The number of nitrogens with zero attached hydrogens (tertiary/aromatic N) is 1. The Labute approximate surface area is 176 Å². The van der Waals surface area contributed by atoms with Gasteiger partial charge in [0.05, 0.1) is 32.8 Å². The summed E-state index contributed by atoms with van der Waals surface area (Å²) in [5, 5.41) is 1.41. The van der Waals surface area contributed by atoms with Crippen molar-refractivity contribution < 1.29 is 37.9 Å². The highest BCUT2D eigenvalue weighted by Crippen LogP contribution is 2.36. The maximum absolute atomic E-state index is 6.37. The summed E-state index contributed by atoms with van der Waals surface area (Å²) in [4.78, 5) is 0. The van der Waals surface area contributed by atoms with Crippen LogP contribution in [0.5, 0.6) is 11.5 Å². The molecule has 1 aliphatic rings. The fraction of sp³-hybridized carbons (Fsp3) is 0.368. The number of methoxy groups -OCH3 is 2. The Hall–Kier alpha value is -0.690. The van der Waals surface area contributed by atoms with E-state index in [1.807, 2.05) is 18.2 Å². The predicted octanol–water partition coefficient (Wildman–Crippen LogP) is 1.72. The summed E-state index contributed by atoms with van der Waals surface area (Å²) in [7, 11) is 5.62. The quantitative estimate of drug-likeness (QED) is 0.477. The van der Waals surface area contributed by atoms with E-state index >= 15 is 0 Å². The largest absolute Gasteiger partial charge is 1.00 e. The third-order valence-corrected chi connectivity index (χ3v) is 5.33. The Bertz CT molecular complexity index is 769. The minimum atomic E-state index is 0. The van der Waals surface area contributed by atoms with Crippen LogP contribution in [0.1, 0.15) is 16.7 Å². The lowest BCUT2D eigenvalue weighted by molar-refractivity contribution is -0.937. The monoisotopic (exact) mass is 493 g/mol. The zero-order valence-electron chi connectivity index (χ0n) is 14.6. The molecule has 136 valence electrons. The summed E-state index contributed by atoms with van der Waals surface area (Å²) >= 11 is 12.4. The molecule has 2 aromatic carbocycles. The van der Waals surface area contributed by atoms with Crippen LogP contribution in [0.4, 0.5) is 0 Å². The van der Waals surface area contributed by atoms with Crippen LogP contribution in [0, 0.1) is 0 Å². The SMILES string of the molecule is COc1cc2c(cc1OC)C[N+](C)(Cc1ccc(Cl)cc1Cl)CC2.[I-]. The Balaban J connectivity index is 0.00000225. The van der Waals surface area contributed by atoms with E-state index in [2.05, 4.69) is 19.2 Å². The molecule has 1 unspecified atom stereocenters. The standard InChI is InChI=1S/C19H22Cl2NO2.HI/c1-22(11-14-4-5-16(20)10-17(14)21)7-6-13-8-18(23-2)19(24-3)9-15(13)12-22;/h4-5,8-10H,6-7,11-12H2,1-3H3;1H/q+1;/p-1. The van der Waals surface area contributed by atoms with Crippen molar-refractivity contribution in [2.45, 2.75) is 19.5 Å². The summed E-state index contributed by atoms with van der Waals surface area (Å²) < 4.78 is 11.8. The maximum atomic E-state index is 6.37. The second-order valence-electron chi connectivity index (χ2n) is 6.62. The van der Waals surface area contributed by atoms with Gasteiger partial charge >= 0.3 is 0 Å². The normalized spacial score (nSPS) is 18.9. The molecule has 0 N–H and O–H groups in total. The smallest absolute Gasteiger partial charge is 0.161 e. The molecule has 0 aliphatic carbocycles. The van der Waals surface area contributed by atoms with Gasteiger partial charge in [-0.2, -0.15) is 0 Å². The molecule has 0 saturated carbocycles. The lowest BCUT2D eigenvalue weighted by Crippen LogP contribution is -3.00. The Morgan fingerprint density at radius 2 is 1.64 bits per heavy atom. The van der Waals surface area contributed by atoms with Crippen molar-refractivity contribution in [3.8, 4) is 11.5 Å². The number of likely N-dealkylation sites (N-methyl/N-ethyl adjacent to an activating group) is 1. The van der Waals surface area contributed by atoms with Gasteiger partial charge in [0.15, 0.2) is 11.5 Å². The lowest BCUT2D eigenvalue weighted by Gasteiger charge is -2.39. The number of quaternary nitrogens is 1. The van der Waals surface area contributed by atoms with Crippen LogP contribution in [-0.4, -0.2) is 32.3 Å². The summed E-state index contributed by atoms with van der Waals surface area (Å²) in [6.45, 7) is 2.87. The van der Waals surface area contributed by atoms with Crippen LogP contribution in [0.2, 0.25) is 10.0 Å². The minimum Gasteiger partial charge on any atom is -1.00 e. The third-order valence-electron chi connectivity index (χ3n) is 4.75. The van der Waals surface area contributed by atoms with Gasteiger partial charge < -0.3 is 37.9 Å². The molecule has 6 heteroatoms. The van der Waals surface area contributed by atoms with Crippen LogP contribution in [0.15, 0.2) is 30.3 Å². The Morgan fingerprint density at radius 3 is 2.24 bits per heavy atom. The maximum Gasteiger partial charge on any atom is 0.161 e. The molecule has 1 atom stereocenters. The van der Waals surface area contributed by atoms with Crippen molar-refractivity contribution in [2.75, 3.05) is 27.8 Å². The number of hydrogen-bond acceptors (Lipinski definition) is 2. The second-order valence-corrected chi connectivity index (χ2v) is 7.46. The molecule has 1 aliphatic heterocycles. The molecule has 0 saturated heterocycles. The van der Waals surface area contributed by atoms with Crippen molar-refractivity contribution in [2.24, 2.45) is 0 Å². The van der Waals surface area contributed by atoms with E-state index < -0.39 is 0 Å². The molecule has 0 fully saturated rings. The van der Waals surface area contributed by atoms with E-state index in [1.165, 1.54) is 11.1 Å². The number of rotatable bonds is 4. The molecule has 0 radical (unpaired) electrons. The fourth-order valence-electron chi connectivity index (χ4n) is 3.42. The van der Waals surface area contributed by atoms with Crippen molar-refractivity contribution in [3.05, 3.63) is 57.1 Å². The average Bonchev–Trinajstić information content (AvgIpc) is 2.56. The summed E-state index contributed by atoms with van der Waals surface area (Å²) in [5.41, 5.74) is 3.78. The summed E-state index contributed by atoms with van der Waals surface area (Å²) in [6, 6.07) is 9.95. The van der Waals surface area contributed by atoms with Gasteiger partial charge in [-0.1, -0.05) is 29.3 Å². The van der Waals surface area contributed by atoms with Gasteiger partial charge in [-0.15, -0.1) is 0 Å². The predicted molar refractivity (Wildman–Crippen MR) is 98.2 cm³/mol. The highest BCUT2D eigenvalue weighted by atomic mass is 127. The van der Waals surface area contributed by atoms with Gasteiger partial charge in [0.1, 0.15) is 13.1 Å². The highest BCUT2D eigenvalue weighted by Gasteiger charge is 2.30. The second kappa shape index (κ2) is 8.33. The first-order chi connectivity index (χ1) is 11.4. The molecule has 3 rings (SSSR count). The first kappa shape index (κ1) is 20.6. The Kier molecular flexibility index (Phi) is 6.87. The van der Waals surface area contributed by atoms with E-state index in [-0.39, 0.29) is 24.0 Å². The molecule has 3 nitrogen and oxygen atoms in total. The number of halogens is 3. The van der Waals surface area contributed by atoms with Crippen molar-refractivity contribution in [1.29, 1.82) is 0 Å². The average molecular weight is 494 g/mol. The molecule has 0 bridgehead atoms. The van der Waals surface area contributed by atoms with E-state index in [9.17, 15) is 0 Å². The van der Waals surface area contributed by atoms with Gasteiger partial charge in [0.25, 0.3) is 0 Å². The minimum absolute atomic E-state index is 0. The van der Waals surface area contributed by atoms with Crippen LogP contribution in [0.25, 0.3) is 0 Å². The van der Waals surface area contributed by atoms with E-state index in [0.717, 1.165) is 52.6 Å². The third kappa shape index (κ3) is 4.54. The van der Waals surface area contributed by atoms with Crippen LogP contribution in [-0.2, 0) is 19.5 Å². The number of fused-ring (bicyclic) bond motifs is 1. The van der Waals surface area contributed by atoms with Gasteiger partial charge in [-0.05, 0) is 29.8 Å². The van der Waals surface area contributed by atoms with E-state index in [1.54, 1.807) is 14.2 Å². The summed E-state index contributed by atoms with van der Waals surface area (Å²) in [5.74, 6) is 1.59. The molecular formula is C19H22Cl2INO2. The van der Waals surface area contributed by atoms with E-state index in [4.69, 9.17) is 32.7 Å². The van der Waals surface area contributed by atoms with Gasteiger partial charge in [-0.25, -0.2) is 0 Å². The van der Waals surface area contributed by atoms with Crippen LogP contribution >= 0.6 is 23.2 Å². The van der Waals surface area contributed by atoms with Gasteiger partial charge in [-0.3, -0.25) is 0 Å². The lowest BCUT2D eigenvalue weighted by atomic mass is 9.96. The molecule has 2 aromatic rings. The van der Waals surface area contributed by atoms with Crippen molar-refractivity contribution in [3.63, 3.8) is 0 Å². The first-order valence-electron chi connectivity index (χ1n) is 7.95. The number of benzene rings is 2. The molecule has 0 amide bonds. The van der Waals surface area contributed by atoms with Crippen LogP contribution in [0.3, 0.4) is 0 Å². The molecule has 25 heavy (non-hydrogen) atoms. The van der Waals surface area contributed by atoms with Crippen molar-refractivity contribution in [1.82, 2.24) is 0 Å². The van der Waals surface area contributed by atoms with E-state index in [0.29, 0.717) is 5.02 Å². The van der Waals surface area contributed by atoms with Gasteiger partial charge in [0.2, 0.25) is 0 Å².